The van der Waals surface area contributed by atoms with E-state index in [2.05, 4.69) is 4.98 Å². The molecule has 0 bridgehead atoms. The van der Waals surface area contributed by atoms with Crippen molar-refractivity contribution in [3.05, 3.63) is 28.8 Å². The Kier molecular flexibility index (Phi) is 4.77. The molecule has 0 atom stereocenters. The van der Waals surface area contributed by atoms with E-state index in [4.69, 9.17) is 25.4 Å². The summed E-state index contributed by atoms with van der Waals surface area (Å²) in [6.07, 6.45) is 0. The molecule has 0 fully saturated rings. The monoisotopic (exact) mass is 307 g/mol. The summed E-state index contributed by atoms with van der Waals surface area (Å²) in [4.78, 5) is 5.12. The molecule has 0 unspecified atom stereocenters. The number of hydrogen-bond donors (Lipinski definition) is 2. The van der Waals surface area contributed by atoms with Crippen LogP contribution in [0.2, 0.25) is 0 Å². The number of amidine groups is 1. The highest BCUT2D eigenvalue weighted by molar-refractivity contribution is 7.17. The van der Waals surface area contributed by atoms with E-state index in [0.717, 1.165) is 5.56 Å². The number of nitrogens with one attached hydrogen (secondary N) is 1. The summed E-state index contributed by atoms with van der Waals surface area (Å²) in [6.45, 7) is 0.303. The number of nitrogens with zero attached hydrogens (tertiary/aromatic N) is 1. The predicted octanol–water partition coefficient (Wildman–Crippen LogP) is 2.26. The van der Waals surface area contributed by atoms with Gasteiger partial charge in [0.15, 0.2) is 11.5 Å². The van der Waals surface area contributed by atoms with E-state index in [1.54, 1.807) is 21.3 Å². The van der Waals surface area contributed by atoms with Crippen LogP contribution in [0.25, 0.3) is 10.6 Å². The Morgan fingerprint density at radius 1 is 1.29 bits per heavy atom. The first-order valence-electron chi connectivity index (χ1n) is 6.16. The van der Waals surface area contributed by atoms with E-state index in [0.29, 0.717) is 33.7 Å². The molecule has 2 aromatic rings. The number of benzene rings is 1. The summed E-state index contributed by atoms with van der Waals surface area (Å²) in [5, 5.41) is 8.36. The number of rotatable bonds is 6. The first kappa shape index (κ1) is 15.3. The van der Waals surface area contributed by atoms with Gasteiger partial charge in [0.25, 0.3) is 0 Å². The van der Waals surface area contributed by atoms with E-state index in [1.807, 2.05) is 18.2 Å². The minimum atomic E-state index is -0.0207. The van der Waals surface area contributed by atoms with Crippen LogP contribution in [-0.4, -0.2) is 32.1 Å². The number of nitrogen functional groups attached to an aromatic ring is 1. The van der Waals surface area contributed by atoms with E-state index >= 15 is 0 Å². The fourth-order valence-electron chi connectivity index (χ4n) is 1.97. The molecule has 0 aliphatic heterocycles. The molecule has 0 saturated heterocycles. The zero-order valence-corrected chi connectivity index (χ0v) is 12.9. The summed E-state index contributed by atoms with van der Waals surface area (Å²) in [5.74, 6) is 1.21. The Morgan fingerprint density at radius 3 is 2.62 bits per heavy atom. The standard InChI is InChI=1S/C14H17N3O3S/c1-18-7-9-12(13(15)16)21-14(17-9)8-5-4-6-10(19-2)11(8)20-3/h4-6H,7H2,1-3H3,(H3,15,16). The molecule has 1 aromatic heterocycles. The van der Waals surface area contributed by atoms with Gasteiger partial charge in [0.2, 0.25) is 0 Å². The van der Waals surface area contributed by atoms with Crippen LogP contribution in [-0.2, 0) is 11.3 Å². The van der Waals surface area contributed by atoms with Crippen molar-refractivity contribution in [2.24, 2.45) is 5.73 Å². The fraction of sp³-hybridized carbons (Fsp3) is 0.286. The van der Waals surface area contributed by atoms with Crippen LogP contribution in [0.1, 0.15) is 10.6 Å². The SMILES string of the molecule is COCc1nc(-c2cccc(OC)c2OC)sc1C(=N)N. The molecule has 2 rings (SSSR count). The predicted molar refractivity (Wildman–Crippen MR) is 82.4 cm³/mol. The van der Waals surface area contributed by atoms with Crippen molar-refractivity contribution in [1.82, 2.24) is 4.98 Å². The summed E-state index contributed by atoms with van der Waals surface area (Å²) in [7, 11) is 4.74. The number of para-hydroxylation sites is 1. The lowest BCUT2D eigenvalue weighted by molar-refractivity contribution is 0.182. The van der Waals surface area contributed by atoms with Crippen LogP contribution in [0.15, 0.2) is 18.2 Å². The normalized spacial score (nSPS) is 10.4. The molecular weight excluding hydrogens is 290 g/mol. The van der Waals surface area contributed by atoms with Crippen molar-refractivity contribution in [1.29, 1.82) is 5.41 Å². The molecule has 0 aliphatic rings. The van der Waals surface area contributed by atoms with Gasteiger partial charge in [-0.15, -0.1) is 11.3 Å². The minimum absolute atomic E-state index is 0.0207. The van der Waals surface area contributed by atoms with Gasteiger partial charge in [0.05, 0.1) is 37.0 Å². The van der Waals surface area contributed by atoms with Gasteiger partial charge in [-0.1, -0.05) is 6.07 Å². The second-order valence-electron chi connectivity index (χ2n) is 4.18. The third-order valence-corrected chi connectivity index (χ3v) is 4.02. The van der Waals surface area contributed by atoms with Gasteiger partial charge in [0, 0.05) is 7.11 Å². The Morgan fingerprint density at radius 2 is 2.05 bits per heavy atom. The summed E-state index contributed by atoms with van der Waals surface area (Å²) in [5.41, 5.74) is 7.05. The fourth-order valence-corrected chi connectivity index (χ4v) is 2.92. The van der Waals surface area contributed by atoms with Gasteiger partial charge in [-0.25, -0.2) is 4.98 Å². The lowest BCUT2D eigenvalue weighted by Gasteiger charge is -2.10. The van der Waals surface area contributed by atoms with Crippen LogP contribution < -0.4 is 15.2 Å². The van der Waals surface area contributed by atoms with Crippen molar-refractivity contribution in [2.75, 3.05) is 21.3 Å². The zero-order valence-electron chi connectivity index (χ0n) is 12.1. The molecule has 7 heteroatoms. The molecule has 0 saturated carbocycles. The summed E-state index contributed by atoms with van der Waals surface area (Å²) in [6, 6.07) is 5.57. The first-order valence-corrected chi connectivity index (χ1v) is 6.98. The largest absolute Gasteiger partial charge is 0.493 e. The molecule has 112 valence electrons. The van der Waals surface area contributed by atoms with Crippen LogP contribution in [0.4, 0.5) is 0 Å². The molecule has 0 spiro atoms. The number of hydrogen-bond acceptors (Lipinski definition) is 6. The highest BCUT2D eigenvalue weighted by Crippen LogP contribution is 2.40. The third-order valence-electron chi connectivity index (χ3n) is 2.86. The second kappa shape index (κ2) is 6.55. The molecule has 0 amide bonds. The number of thiazole rings is 1. The zero-order chi connectivity index (χ0) is 15.4. The van der Waals surface area contributed by atoms with Gasteiger partial charge < -0.3 is 19.9 Å². The van der Waals surface area contributed by atoms with Crippen molar-refractivity contribution in [2.45, 2.75) is 6.61 Å². The maximum Gasteiger partial charge on any atom is 0.170 e. The van der Waals surface area contributed by atoms with Gasteiger partial charge in [-0.3, -0.25) is 5.41 Å². The first-order chi connectivity index (χ1) is 10.1. The topological polar surface area (TPSA) is 90.5 Å². The summed E-state index contributed by atoms with van der Waals surface area (Å²) < 4.78 is 15.8. The van der Waals surface area contributed by atoms with Gasteiger partial charge in [-0.05, 0) is 12.1 Å². The van der Waals surface area contributed by atoms with Gasteiger partial charge in [-0.2, -0.15) is 0 Å². The number of methoxy groups -OCH3 is 3. The number of ether oxygens (including phenoxy) is 3. The second-order valence-corrected chi connectivity index (χ2v) is 5.18. The highest BCUT2D eigenvalue weighted by atomic mass is 32.1. The average Bonchev–Trinajstić information content (AvgIpc) is 2.90. The Hall–Kier alpha value is -2.12. The van der Waals surface area contributed by atoms with Gasteiger partial charge >= 0.3 is 0 Å². The van der Waals surface area contributed by atoms with E-state index < -0.39 is 0 Å². The summed E-state index contributed by atoms with van der Waals surface area (Å²) >= 11 is 1.33. The van der Waals surface area contributed by atoms with Gasteiger partial charge in [0.1, 0.15) is 10.8 Å². The average molecular weight is 307 g/mol. The maximum atomic E-state index is 7.64. The molecular formula is C14H17N3O3S. The number of nitrogens with two attached hydrogens (primary N) is 1. The molecule has 3 N–H and O–H groups in total. The van der Waals surface area contributed by atoms with Crippen molar-refractivity contribution < 1.29 is 14.2 Å². The van der Waals surface area contributed by atoms with Crippen molar-refractivity contribution in [3.8, 4) is 22.1 Å². The molecule has 0 aliphatic carbocycles. The van der Waals surface area contributed by atoms with Crippen LogP contribution in [0.3, 0.4) is 0 Å². The van der Waals surface area contributed by atoms with E-state index in [1.165, 1.54) is 11.3 Å². The molecule has 1 aromatic carbocycles. The van der Waals surface area contributed by atoms with Crippen LogP contribution in [0.5, 0.6) is 11.5 Å². The van der Waals surface area contributed by atoms with Crippen LogP contribution in [0, 0.1) is 5.41 Å². The Labute approximate surface area is 127 Å². The molecule has 1 heterocycles. The van der Waals surface area contributed by atoms with E-state index in [9.17, 15) is 0 Å². The lowest BCUT2D eigenvalue weighted by Crippen LogP contribution is -2.11. The Bertz CT molecular complexity index is 655. The highest BCUT2D eigenvalue weighted by Gasteiger charge is 2.19. The van der Waals surface area contributed by atoms with Crippen molar-refractivity contribution >= 4 is 17.2 Å². The minimum Gasteiger partial charge on any atom is -0.493 e. The quantitative estimate of drug-likeness (QED) is 0.631. The Balaban J connectivity index is 2.57. The van der Waals surface area contributed by atoms with Crippen molar-refractivity contribution in [3.63, 3.8) is 0 Å². The molecule has 0 radical (unpaired) electrons. The molecule has 6 nitrogen and oxygen atoms in total. The van der Waals surface area contributed by atoms with Crippen LogP contribution >= 0.6 is 11.3 Å². The molecule has 21 heavy (non-hydrogen) atoms. The van der Waals surface area contributed by atoms with E-state index in [-0.39, 0.29) is 5.84 Å². The third kappa shape index (κ3) is 2.98. The lowest BCUT2D eigenvalue weighted by atomic mass is 10.2. The number of aromatic nitrogens is 1. The maximum absolute atomic E-state index is 7.64. The smallest absolute Gasteiger partial charge is 0.170 e.